The normalized spacial score (nSPS) is 17.0. The Morgan fingerprint density at radius 3 is 2.69 bits per heavy atom. The lowest BCUT2D eigenvalue weighted by atomic mass is 9.85. The fourth-order valence-corrected chi connectivity index (χ4v) is 1.79. The maximum Gasteiger partial charge on any atom is 0.0621 e. The largest absolute Gasteiger partial charge is 0.306 e. The quantitative estimate of drug-likeness (QED) is 0.587. The molecule has 0 aromatic heterocycles. The van der Waals surface area contributed by atoms with Crippen LogP contribution in [-0.2, 0) is 0 Å². The second-order valence-corrected chi connectivity index (χ2v) is 4.17. The summed E-state index contributed by atoms with van der Waals surface area (Å²) in [4.78, 5) is 2.42. The average molecular weight is 180 g/mol. The molecule has 13 heavy (non-hydrogen) atoms. The number of unbranched alkanes of at least 4 members (excludes halogenated alkanes) is 2. The summed E-state index contributed by atoms with van der Waals surface area (Å²) in [7, 11) is 2.20. The van der Waals surface area contributed by atoms with Crippen LogP contribution >= 0.6 is 0 Å². The van der Waals surface area contributed by atoms with Gasteiger partial charge in [-0.3, -0.25) is 0 Å². The predicted molar refractivity (Wildman–Crippen MR) is 54.3 cm³/mol. The summed E-state index contributed by atoms with van der Waals surface area (Å²) < 4.78 is 0. The van der Waals surface area contributed by atoms with E-state index in [0.29, 0.717) is 0 Å². The third-order valence-corrected chi connectivity index (χ3v) is 2.87. The van der Waals surface area contributed by atoms with Crippen LogP contribution in [0.1, 0.15) is 38.5 Å². The minimum absolute atomic E-state index is 0.720. The van der Waals surface area contributed by atoms with Crippen LogP contribution in [0.3, 0.4) is 0 Å². The number of rotatable bonds is 6. The predicted octanol–water partition coefficient (Wildman–Crippen LogP) is 2.41. The van der Waals surface area contributed by atoms with E-state index >= 15 is 0 Å². The van der Waals surface area contributed by atoms with Crippen molar-refractivity contribution in [3.63, 3.8) is 0 Å². The smallest absolute Gasteiger partial charge is 0.0621 e. The monoisotopic (exact) mass is 180 g/mol. The highest BCUT2D eigenvalue weighted by Crippen LogP contribution is 2.26. The first-order chi connectivity index (χ1) is 6.33. The van der Waals surface area contributed by atoms with E-state index < -0.39 is 0 Å². The van der Waals surface area contributed by atoms with Gasteiger partial charge in [-0.05, 0) is 45.2 Å². The fourth-order valence-electron chi connectivity index (χ4n) is 1.79. The SMILES string of the molecule is CN(CCCCC#N)CC1CCC1. The summed E-state index contributed by atoms with van der Waals surface area (Å²) in [6, 6.07) is 2.19. The van der Waals surface area contributed by atoms with Gasteiger partial charge >= 0.3 is 0 Å². The first-order valence-electron chi connectivity index (χ1n) is 5.38. The minimum atomic E-state index is 0.720. The Kier molecular flexibility index (Phi) is 4.85. The molecule has 0 atom stereocenters. The highest BCUT2D eigenvalue weighted by Gasteiger charge is 2.18. The van der Waals surface area contributed by atoms with E-state index in [4.69, 9.17) is 5.26 Å². The minimum Gasteiger partial charge on any atom is -0.306 e. The summed E-state index contributed by atoms with van der Waals surface area (Å²) in [6.07, 6.45) is 7.26. The topological polar surface area (TPSA) is 27.0 Å². The van der Waals surface area contributed by atoms with Gasteiger partial charge in [0.15, 0.2) is 0 Å². The standard InChI is InChI=1S/C11H20N2/c1-13(9-4-2-3-8-12)10-11-6-5-7-11/h11H,2-7,9-10H2,1H3. The van der Waals surface area contributed by atoms with Crippen molar-refractivity contribution in [1.29, 1.82) is 5.26 Å². The maximum absolute atomic E-state index is 8.36. The third kappa shape index (κ3) is 4.28. The number of hydrogen-bond donors (Lipinski definition) is 0. The molecule has 0 amide bonds. The van der Waals surface area contributed by atoms with E-state index in [1.54, 1.807) is 0 Å². The first kappa shape index (κ1) is 10.5. The molecular weight excluding hydrogens is 160 g/mol. The number of nitriles is 1. The molecule has 1 saturated carbocycles. The molecule has 0 bridgehead atoms. The lowest BCUT2D eigenvalue weighted by Gasteiger charge is -2.30. The van der Waals surface area contributed by atoms with Crippen LogP contribution < -0.4 is 0 Å². The van der Waals surface area contributed by atoms with Gasteiger partial charge in [-0.15, -0.1) is 0 Å². The van der Waals surface area contributed by atoms with Gasteiger partial charge in [0, 0.05) is 13.0 Å². The van der Waals surface area contributed by atoms with E-state index in [1.165, 1.54) is 32.2 Å². The molecule has 0 saturated heterocycles. The second kappa shape index (κ2) is 5.99. The van der Waals surface area contributed by atoms with Gasteiger partial charge in [-0.1, -0.05) is 6.42 Å². The summed E-state index contributed by atoms with van der Waals surface area (Å²) in [5, 5.41) is 8.36. The summed E-state index contributed by atoms with van der Waals surface area (Å²) in [6.45, 7) is 2.44. The second-order valence-electron chi connectivity index (χ2n) is 4.17. The highest BCUT2D eigenvalue weighted by atomic mass is 15.1. The molecule has 2 nitrogen and oxygen atoms in total. The molecule has 0 heterocycles. The zero-order valence-corrected chi connectivity index (χ0v) is 8.63. The fraction of sp³-hybridized carbons (Fsp3) is 0.909. The Morgan fingerprint density at radius 1 is 1.38 bits per heavy atom. The van der Waals surface area contributed by atoms with Crippen molar-refractivity contribution in [2.24, 2.45) is 5.92 Å². The molecule has 1 aliphatic carbocycles. The van der Waals surface area contributed by atoms with Crippen LogP contribution in [0.4, 0.5) is 0 Å². The van der Waals surface area contributed by atoms with Gasteiger partial charge < -0.3 is 4.90 Å². The van der Waals surface area contributed by atoms with Crippen LogP contribution in [0, 0.1) is 17.2 Å². The van der Waals surface area contributed by atoms with Crippen molar-refractivity contribution in [2.75, 3.05) is 20.1 Å². The average Bonchev–Trinajstić information content (AvgIpc) is 2.06. The van der Waals surface area contributed by atoms with Gasteiger partial charge in [-0.25, -0.2) is 0 Å². The zero-order chi connectivity index (χ0) is 9.52. The molecule has 1 fully saturated rings. The van der Waals surface area contributed by atoms with Gasteiger partial charge in [0.25, 0.3) is 0 Å². The molecule has 74 valence electrons. The number of nitrogens with zero attached hydrogens (tertiary/aromatic N) is 2. The Hall–Kier alpha value is -0.550. The molecule has 1 aliphatic rings. The number of hydrogen-bond acceptors (Lipinski definition) is 2. The molecule has 0 aromatic rings. The Bertz CT molecular complexity index is 167. The van der Waals surface area contributed by atoms with E-state index in [1.807, 2.05) is 0 Å². The summed E-state index contributed by atoms with van der Waals surface area (Å²) in [5.74, 6) is 0.973. The van der Waals surface area contributed by atoms with E-state index in [9.17, 15) is 0 Å². The van der Waals surface area contributed by atoms with Crippen molar-refractivity contribution in [2.45, 2.75) is 38.5 Å². The van der Waals surface area contributed by atoms with Crippen LogP contribution in [-0.4, -0.2) is 25.0 Å². The Morgan fingerprint density at radius 2 is 2.15 bits per heavy atom. The van der Waals surface area contributed by atoms with E-state index in [2.05, 4.69) is 18.0 Å². The van der Waals surface area contributed by atoms with Gasteiger partial charge in [-0.2, -0.15) is 5.26 Å². The molecule has 2 heteroatoms. The molecule has 0 aliphatic heterocycles. The molecule has 0 aromatic carbocycles. The molecule has 1 rings (SSSR count). The van der Waals surface area contributed by atoms with Gasteiger partial charge in [0.1, 0.15) is 0 Å². The summed E-state index contributed by atoms with van der Waals surface area (Å²) in [5.41, 5.74) is 0. The molecular formula is C11H20N2. The lowest BCUT2D eigenvalue weighted by molar-refractivity contribution is 0.203. The third-order valence-electron chi connectivity index (χ3n) is 2.87. The van der Waals surface area contributed by atoms with Crippen LogP contribution in [0.25, 0.3) is 0 Å². The van der Waals surface area contributed by atoms with Crippen molar-refractivity contribution >= 4 is 0 Å². The zero-order valence-electron chi connectivity index (χ0n) is 8.63. The molecule has 0 unspecified atom stereocenters. The Labute approximate surface area is 81.5 Å². The Balaban J connectivity index is 1.91. The van der Waals surface area contributed by atoms with Crippen molar-refractivity contribution in [1.82, 2.24) is 4.90 Å². The van der Waals surface area contributed by atoms with Crippen LogP contribution in [0.15, 0.2) is 0 Å². The molecule has 0 spiro atoms. The van der Waals surface area contributed by atoms with Crippen molar-refractivity contribution < 1.29 is 0 Å². The van der Waals surface area contributed by atoms with Crippen molar-refractivity contribution in [3.05, 3.63) is 0 Å². The first-order valence-corrected chi connectivity index (χ1v) is 5.38. The van der Waals surface area contributed by atoms with E-state index in [0.717, 1.165) is 25.3 Å². The van der Waals surface area contributed by atoms with Crippen LogP contribution in [0.2, 0.25) is 0 Å². The molecule has 0 N–H and O–H groups in total. The molecule has 0 radical (unpaired) electrons. The van der Waals surface area contributed by atoms with Crippen LogP contribution in [0.5, 0.6) is 0 Å². The summed E-state index contributed by atoms with van der Waals surface area (Å²) >= 11 is 0. The lowest BCUT2D eigenvalue weighted by Crippen LogP contribution is -2.30. The van der Waals surface area contributed by atoms with Gasteiger partial charge in [0.2, 0.25) is 0 Å². The maximum atomic E-state index is 8.36. The highest BCUT2D eigenvalue weighted by molar-refractivity contribution is 4.73. The van der Waals surface area contributed by atoms with Gasteiger partial charge in [0.05, 0.1) is 6.07 Å². The van der Waals surface area contributed by atoms with E-state index in [-0.39, 0.29) is 0 Å². The van der Waals surface area contributed by atoms with Crippen molar-refractivity contribution in [3.8, 4) is 6.07 Å².